The van der Waals surface area contributed by atoms with Crippen molar-refractivity contribution in [1.82, 2.24) is 25.6 Å². The van der Waals surface area contributed by atoms with Crippen molar-refractivity contribution >= 4 is 6.03 Å². The lowest BCUT2D eigenvalue weighted by Gasteiger charge is -2.24. The molecule has 0 spiro atoms. The van der Waals surface area contributed by atoms with E-state index in [0.29, 0.717) is 11.9 Å². The highest BCUT2D eigenvalue weighted by Crippen LogP contribution is 2.20. The van der Waals surface area contributed by atoms with Crippen LogP contribution in [0.5, 0.6) is 0 Å². The smallest absolute Gasteiger partial charge is 0.315 e. The molecule has 6 heteroatoms. The molecule has 0 saturated heterocycles. The van der Waals surface area contributed by atoms with E-state index in [2.05, 4.69) is 25.6 Å². The van der Waals surface area contributed by atoms with Crippen LogP contribution in [0, 0.1) is 6.92 Å². The van der Waals surface area contributed by atoms with Gasteiger partial charge in [-0.2, -0.15) is 0 Å². The van der Waals surface area contributed by atoms with Crippen molar-refractivity contribution in [2.45, 2.75) is 58.0 Å². The number of amides is 2. The summed E-state index contributed by atoms with van der Waals surface area (Å²) >= 11 is 0. The molecule has 1 aliphatic rings. The number of nitrogens with one attached hydrogen (secondary N) is 2. The second-order valence-electron chi connectivity index (χ2n) is 6.64. The summed E-state index contributed by atoms with van der Waals surface area (Å²) in [6.07, 6.45) is 11.1. The molecule has 1 saturated carbocycles. The highest BCUT2D eigenvalue weighted by Gasteiger charge is 2.18. The molecule has 3 rings (SSSR count). The van der Waals surface area contributed by atoms with Gasteiger partial charge in [0.25, 0.3) is 0 Å². The van der Waals surface area contributed by atoms with Gasteiger partial charge in [-0.25, -0.2) is 14.8 Å². The fourth-order valence-corrected chi connectivity index (χ4v) is 3.29. The number of hydrogen-bond donors (Lipinski definition) is 2. The maximum atomic E-state index is 12.2. The fourth-order valence-electron chi connectivity index (χ4n) is 3.29. The average Bonchev–Trinajstić information content (AvgIpc) is 2.63. The molecule has 2 aromatic heterocycles. The third-order valence-corrected chi connectivity index (χ3v) is 4.71. The summed E-state index contributed by atoms with van der Waals surface area (Å²) in [5, 5.41) is 6.08. The number of rotatable bonds is 4. The SMILES string of the molecule is Cc1nc(-c2ccncc2)ncc1[C@@H](C)NC(=O)NC1CCCCC1. The van der Waals surface area contributed by atoms with Crippen LogP contribution in [-0.2, 0) is 0 Å². The normalized spacial score (nSPS) is 16.2. The minimum absolute atomic E-state index is 0.114. The molecule has 0 radical (unpaired) electrons. The lowest BCUT2D eigenvalue weighted by atomic mass is 9.96. The second kappa shape index (κ2) is 8.05. The first kappa shape index (κ1) is 17.3. The first-order chi connectivity index (χ1) is 12.1. The van der Waals surface area contributed by atoms with Crippen molar-refractivity contribution < 1.29 is 4.79 Å². The quantitative estimate of drug-likeness (QED) is 0.893. The summed E-state index contributed by atoms with van der Waals surface area (Å²) < 4.78 is 0. The van der Waals surface area contributed by atoms with Gasteiger partial charge in [0.05, 0.1) is 6.04 Å². The molecule has 2 amide bonds. The van der Waals surface area contributed by atoms with Crippen LogP contribution >= 0.6 is 0 Å². The third kappa shape index (κ3) is 4.53. The standard InChI is InChI=1S/C19H25N5O/c1-13-17(12-21-18(22-13)15-8-10-20-11-9-15)14(2)23-19(25)24-16-6-4-3-5-7-16/h8-12,14,16H,3-7H2,1-2H3,(H2,23,24,25)/t14-/m1/s1. The molecular weight excluding hydrogens is 314 g/mol. The van der Waals surface area contributed by atoms with Crippen molar-refractivity contribution in [3.63, 3.8) is 0 Å². The molecule has 0 aromatic carbocycles. The number of carbonyl (C=O) groups is 1. The van der Waals surface area contributed by atoms with Crippen molar-refractivity contribution in [2.24, 2.45) is 0 Å². The molecule has 0 aliphatic heterocycles. The van der Waals surface area contributed by atoms with Gasteiger partial charge in [-0.15, -0.1) is 0 Å². The van der Waals surface area contributed by atoms with Crippen LogP contribution in [0.15, 0.2) is 30.7 Å². The molecule has 0 unspecified atom stereocenters. The van der Waals surface area contributed by atoms with Crippen LogP contribution in [0.1, 0.15) is 56.3 Å². The molecule has 2 heterocycles. The molecule has 2 aromatic rings. The van der Waals surface area contributed by atoms with E-state index in [-0.39, 0.29) is 12.1 Å². The monoisotopic (exact) mass is 339 g/mol. The van der Waals surface area contributed by atoms with Crippen LogP contribution < -0.4 is 10.6 Å². The Labute approximate surface area is 148 Å². The highest BCUT2D eigenvalue weighted by atomic mass is 16.2. The Morgan fingerprint density at radius 1 is 1.20 bits per heavy atom. The van der Waals surface area contributed by atoms with Gasteiger partial charge < -0.3 is 10.6 Å². The van der Waals surface area contributed by atoms with Crippen molar-refractivity contribution in [2.75, 3.05) is 0 Å². The molecule has 1 atom stereocenters. The van der Waals surface area contributed by atoms with Crippen LogP contribution in [-0.4, -0.2) is 27.0 Å². The lowest BCUT2D eigenvalue weighted by molar-refractivity contribution is 0.229. The zero-order valence-corrected chi connectivity index (χ0v) is 14.8. The van der Waals surface area contributed by atoms with Crippen LogP contribution in [0.3, 0.4) is 0 Å². The van der Waals surface area contributed by atoms with E-state index in [9.17, 15) is 4.79 Å². The van der Waals surface area contributed by atoms with Gasteiger partial charge in [0.1, 0.15) is 0 Å². The minimum Gasteiger partial charge on any atom is -0.335 e. The second-order valence-corrected chi connectivity index (χ2v) is 6.64. The van der Waals surface area contributed by atoms with Gasteiger partial charge in [-0.1, -0.05) is 19.3 Å². The first-order valence-electron chi connectivity index (χ1n) is 8.94. The maximum Gasteiger partial charge on any atom is 0.315 e. The largest absolute Gasteiger partial charge is 0.335 e. The van der Waals surface area contributed by atoms with Gasteiger partial charge in [-0.05, 0) is 38.8 Å². The molecule has 6 nitrogen and oxygen atoms in total. The number of aromatic nitrogens is 3. The maximum absolute atomic E-state index is 12.2. The molecule has 0 bridgehead atoms. The molecule has 1 aliphatic carbocycles. The van der Waals surface area contributed by atoms with Crippen LogP contribution in [0.2, 0.25) is 0 Å². The number of urea groups is 1. The summed E-state index contributed by atoms with van der Waals surface area (Å²) in [5.74, 6) is 0.669. The Balaban J connectivity index is 1.63. The predicted octanol–water partition coefficient (Wildman–Crippen LogP) is 3.54. The van der Waals surface area contributed by atoms with Gasteiger partial charge in [-0.3, -0.25) is 4.98 Å². The molecule has 1 fully saturated rings. The minimum atomic E-state index is -0.143. The third-order valence-electron chi connectivity index (χ3n) is 4.71. The van der Waals surface area contributed by atoms with E-state index in [1.54, 1.807) is 18.6 Å². The number of aryl methyl sites for hydroxylation is 1. The van der Waals surface area contributed by atoms with E-state index in [1.165, 1.54) is 19.3 Å². The highest BCUT2D eigenvalue weighted by molar-refractivity contribution is 5.74. The lowest BCUT2D eigenvalue weighted by Crippen LogP contribution is -2.43. The van der Waals surface area contributed by atoms with Crippen molar-refractivity contribution in [3.05, 3.63) is 42.0 Å². The zero-order chi connectivity index (χ0) is 17.6. The fraction of sp³-hybridized carbons (Fsp3) is 0.474. The van der Waals surface area contributed by atoms with E-state index >= 15 is 0 Å². The van der Waals surface area contributed by atoms with Crippen molar-refractivity contribution in [3.8, 4) is 11.4 Å². The van der Waals surface area contributed by atoms with Gasteiger partial charge >= 0.3 is 6.03 Å². The Kier molecular flexibility index (Phi) is 5.58. The van der Waals surface area contributed by atoms with Gasteiger partial charge in [0, 0.05) is 41.5 Å². The van der Waals surface area contributed by atoms with Crippen LogP contribution in [0.25, 0.3) is 11.4 Å². The van der Waals surface area contributed by atoms with Crippen LogP contribution in [0.4, 0.5) is 4.79 Å². The summed E-state index contributed by atoms with van der Waals surface area (Å²) in [4.78, 5) is 25.3. The number of carbonyl (C=O) groups excluding carboxylic acids is 1. The number of hydrogen-bond acceptors (Lipinski definition) is 4. The summed E-state index contributed by atoms with van der Waals surface area (Å²) in [7, 11) is 0. The Hall–Kier alpha value is -2.50. The van der Waals surface area contributed by atoms with E-state index in [1.807, 2.05) is 26.0 Å². The van der Waals surface area contributed by atoms with Crippen molar-refractivity contribution in [1.29, 1.82) is 0 Å². The predicted molar refractivity (Wildman–Crippen MR) is 97.0 cm³/mol. The topological polar surface area (TPSA) is 79.8 Å². The molecular formula is C19H25N5O. The molecule has 25 heavy (non-hydrogen) atoms. The Morgan fingerprint density at radius 2 is 1.92 bits per heavy atom. The van der Waals surface area contributed by atoms with Gasteiger partial charge in [0.2, 0.25) is 0 Å². The zero-order valence-electron chi connectivity index (χ0n) is 14.8. The summed E-state index contributed by atoms with van der Waals surface area (Å²) in [6, 6.07) is 3.81. The van der Waals surface area contributed by atoms with E-state index in [0.717, 1.165) is 29.7 Å². The summed E-state index contributed by atoms with van der Waals surface area (Å²) in [5.41, 5.74) is 2.73. The van der Waals surface area contributed by atoms with E-state index in [4.69, 9.17) is 0 Å². The first-order valence-corrected chi connectivity index (χ1v) is 8.94. The van der Waals surface area contributed by atoms with Gasteiger partial charge in [0.15, 0.2) is 5.82 Å². The average molecular weight is 339 g/mol. The number of nitrogens with zero attached hydrogens (tertiary/aromatic N) is 3. The summed E-state index contributed by atoms with van der Waals surface area (Å²) in [6.45, 7) is 3.90. The molecule has 132 valence electrons. The van der Waals surface area contributed by atoms with E-state index < -0.39 is 0 Å². The number of pyridine rings is 1. The Bertz CT molecular complexity index is 713. The molecule has 2 N–H and O–H groups in total. The Morgan fingerprint density at radius 3 is 2.60 bits per heavy atom.